The SMILES string of the molecule is C=C[C@@H]1CC1(NC(=O)[C@@H]1C[C@@H](Oc2cc(-c3csc(NC(C)C)n3)nc3c(Cl)c(OCCN(C)CCN(C)CC)ccc23)CN1C(=O)[C@@H](NC(=O)O[C@@H]1C[C@@H]2C[C@@H]2C1)C(C)(C)C)C(=O)O. The summed E-state index contributed by atoms with van der Waals surface area (Å²) in [6.45, 7) is 19.2. The maximum atomic E-state index is 14.8. The molecule has 0 radical (unpaired) electrons. The van der Waals surface area contributed by atoms with Gasteiger partial charge in [-0.1, -0.05) is 45.4 Å². The number of carbonyl (C=O) groups excluding carboxylic acids is 3. The first-order valence-electron chi connectivity index (χ1n) is 22.8. The maximum absolute atomic E-state index is 14.8. The van der Waals surface area contributed by atoms with Crippen molar-refractivity contribution in [2.24, 2.45) is 23.2 Å². The van der Waals surface area contributed by atoms with Gasteiger partial charge in [-0.3, -0.25) is 9.59 Å². The highest BCUT2D eigenvalue weighted by atomic mass is 35.5. The lowest BCUT2D eigenvalue weighted by Crippen LogP contribution is -2.59. The molecule has 65 heavy (non-hydrogen) atoms. The van der Waals surface area contributed by atoms with E-state index in [9.17, 15) is 24.3 Å². The number of alkyl carbamates (subject to hydrolysis) is 1. The molecular weight excluding hydrogens is 872 g/mol. The van der Waals surface area contributed by atoms with E-state index in [0.717, 1.165) is 37.6 Å². The van der Waals surface area contributed by atoms with Crippen LogP contribution in [0.4, 0.5) is 9.93 Å². The number of aliphatic carboxylic acids is 1. The van der Waals surface area contributed by atoms with Crippen molar-refractivity contribution in [3.63, 3.8) is 0 Å². The van der Waals surface area contributed by atoms with E-state index in [1.54, 1.807) is 12.1 Å². The predicted molar refractivity (Wildman–Crippen MR) is 252 cm³/mol. The minimum Gasteiger partial charge on any atom is -0.491 e. The average molecular weight is 938 g/mol. The molecular formula is C47H65ClN8O8S. The van der Waals surface area contributed by atoms with Gasteiger partial charge >= 0.3 is 12.1 Å². The lowest BCUT2D eigenvalue weighted by atomic mass is 9.85. The van der Waals surface area contributed by atoms with Crippen LogP contribution >= 0.6 is 22.9 Å². The molecule has 3 aromatic rings. The first-order valence-corrected chi connectivity index (χ1v) is 24.0. The molecule has 1 saturated heterocycles. The predicted octanol–water partition coefficient (Wildman–Crippen LogP) is 6.53. The molecule has 2 aromatic heterocycles. The van der Waals surface area contributed by atoms with Gasteiger partial charge in [-0.2, -0.15) is 0 Å². The first-order chi connectivity index (χ1) is 30.8. The van der Waals surface area contributed by atoms with Gasteiger partial charge in [0.25, 0.3) is 0 Å². The standard InChI is InChI=1S/C47H65ClN8O8S/c1-10-29-23-47(29,43(59)60)53-41(57)35-21-31(24-56(35)42(58)40(46(5,6)7)52-45(61)64-30-19-27-18-28(27)20-30)63-37-22-33(34-25-65-44(51-34)49-26(3)4)50-39-32(37)12-13-36(38(39)48)62-17-16-55(9)15-14-54(8)11-2/h10,12-13,22,25-31,35,40H,1,11,14-21,23-24H2,2-9H3,(H,49,51)(H,52,61)(H,53,57)(H,59,60)/t27-,28+,29-,30+,31-,35+,40-,47?/m1/s1. The summed E-state index contributed by atoms with van der Waals surface area (Å²) in [5, 5.41) is 22.6. The monoisotopic (exact) mass is 936 g/mol. The number of carboxylic acid groups (broad SMARTS) is 1. The molecule has 1 aliphatic heterocycles. The van der Waals surface area contributed by atoms with Crippen LogP contribution in [0.3, 0.4) is 0 Å². The number of likely N-dealkylation sites (tertiary alicyclic amines) is 1. The highest BCUT2D eigenvalue weighted by Gasteiger charge is 2.61. The van der Waals surface area contributed by atoms with Crippen molar-refractivity contribution < 1.29 is 38.5 Å². The Morgan fingerprint density at radius 2 is 1.75 bits per heavy atom. The topological polar surface area (TPSA) is 188 Å². The van der Waals surface area contributed by atoms with Gasteiger partial charge in [-0.05, 0) is 89.6 Å². The molecule has 4 fully saturated rings. The number of ether oxygens (including phenoxy) is 3. The Morgan fingerprint density at radius 3 is 2.40 bits per heavy atom. The van der Waals surface area contributed by atoms with Gasteiger partial charge in [0.2, 0.25) is 11.8 Å². The number of carbonyl (C=O) groups is 4. The fourth-order valence-corrected chi connectivity index (χ4v) is 10.0. The third kappa shape index (κ3) is 11.1. The number of aromatic nitrogens is 2. The van der Waals surface area contributed by atoms with E-state index >= 15 is 0 Å². The van der Waals surface area contributed by atoms with E-state index in [4.69, 9.17) is 35.8 Å². The Bertz CT molecular complexity index is 2260. The van der Waals surface area contributed by atoms with E-state index in [2.05, 4.69) is 53.3 Å². The Morgan fingerprint density at radius 1 is 1.03 bits per heavy atom. The van der Waals surface area contributed by atoms with Crippen LogP contribution in [-0.4, -0.2) is 143 Å². The van der Waals surface area contributed by atoms with Crippen LogP contribution in [0.25, 0.3) is 22.3 Å². The minimum absolute atomic E-state index is 0.0208. The van der Waals surface area contributed by atoms with Gasteiger partial charge in [-0.15, -0.1) is 17.9 Å². The summed E-state index contributed by atoms with van der Waals surface area (Å²) in [5.41, 5.74) is -0.839. The van der Waals surface area contributed by atoms with Crippen LogP contribution in [0.5, 0.6) is 11.5 Å². The molecule has 1 unspecified atom stereocenters. The zero-order valence-electron chi connectivity index (χ0n) is 38.8. The Labute approximate surface area is 390 Å². The summed E-state index contributed by atoms with van der Waals surface area (Å²) < 4.78 is 18.8. The molecule has 354 valence electrons. The Balaban J connectivity index is 1.18. The molecule has 3 heterocycles. The molecule has 0 bridgehead atoms. The van der Waals surface area contributed by atoms with Gasteiger partial charge < -0.3 is 50.0 Å². The number of hydrogen-bond donors (Lipinski definition) is 4. The number of anilines is 1. The normalized spacial score (nSPS) is 25.1. The third-order valence-electron chi connectivity index (χ3n) is 13.2. The molecule has 18 heteroatoms. The summed E-state index contributed by atoms with van der Waals surface area (Å²) in [6.07, 6.45) is 2.86. The number of thiazole rings is 1. The summed E-state index contributed by atoms with van der Waals surface area (Å²) in [4.78, 5) is 70.7. The van der Waals surface area contributed by atoms with E-state index in [-0.39, 0.29) is 31.5 Å². The number of carboxylic acids is 1. The van der Waals surface area contributed by atoms with Crippen molar-refractivity contribution >= 4 is 62.8 Å². The van der Waals surface area contributed by atoms with Gasteiger partial charge in [0.1, 0.15) is 58.7 Å². The number of amides is 3. The number of likely N-dealkylation sites (N-methyl/N-ethyl adjacent to an activating group) is 2. The van der Waals surface area contributed by atoms with Crippen molar-refractivity contribution in [3.05, 3.63) is 41.3 Å². The number of nitrogens with one attached hydrogen (secondary N) is 3. The van der Waals surface area contributed by atoms with Gasteiger partial charge in [-0.25, -0.2) is 19.6 Å². The largest absolute Gasteiger partial charge is 0.491 e. The van der Waals surface area contributed by atoms with Gasteiger partial charge in [0, 0.05) is 54.8 Å². The van der Waals surface area contributed by atoms with Crippen molar-refractivity contribution in [1.29, 1.82) is 0 Å². The lowest BCUT2D eigenvalue weighted by molar-refractivity contribution is -0.146. The van der Waals surface area contributed by atoms with Gasteiger partial charge in [0.15, 0.2) is 5.13 Å². The molecule has 3 amide bonds. The number of pyridine rings is 1. The third-order valence-corrected chi connectivity index (χ3v) is 14.3. The smallest absolute Gasteiger partial charge is 0.408 e. The van der Waals surface area contributed by atoms with Gasteiger partial charge in [0.05, 0.1) is 17.8 Å². The molecule has 7 rings (SSSR count). The fourth-order valence-electron chi connectivity index (χ4n) is 8.92. The molecule has 3 saturated carbocycles. The van der Waals surface area contributed by atoms with E-state index < -0.39 is 58.9 Å². The number of halogens is 1. The van der Waals surface area contributed by atoms with Crippen molar-refractivity contribution in [3.8, 4) is 22.9 Å². The number of rotatable bonds is 20. The number of fused-ring (bicyclic) bond motifs is 2. The van der Waals surface area contributed by atoms with Crippen molar-refractivity contribution in [2.45, 2.75) is 110 Å². The zero-order chi connectivity index (χ0) is 47.0. The van der Waals surface area contributed by atoms with E-state index in [0.29, 0.717) is 63.8 Å². The number of hydrogen-bond acceptors (Lipinski definition) is 13. The minimum atomic E-state index is -1.54. The Hall–Kier alpha value is -4.71. The van der Waals surface area contributed by atoms with Crippen LogP contribution < -0.4 is 25.4 Å². The molecule has 8 atom stereocenters. The molecule has 3 aliphatic carbocycles. The second kappa shape index (κ2) is 19.6. The summed E-state index contributed by atoms with van der Waals surface area (Å²) in [7, 11) is 4.14. The highest BCUT2D eigenvalue weighted by molar-refractivity contribution is 7.14. The number of nitrogens with zero attached hydrogens (tertiary/aromatic N) is 5. The van der Waals surface area contributed by atoms with Crippen LogP contribution in [0.15, 0.2) is 36.2 Å². The first kappa shape index (κ1) is 48.2. The second-order valence-electron chi connectivity index (χ2n) is 19.7. The van der Waals surface area contributed by atoms with Crippen LogP contribution in [0.2, 0.25) is 5.02 Å². The van der Waals surface area contributed by atoms with Crippen LogP contribution in [-0.2, 0) is 19.1 Å². The lowest BCUT2D eigenvalue weighted by Gasteiger charge is -2.35. The van der Waals surface area contributed by atoms with E-state index in [1.165, 1.54) is 28.7 Å². The Kier molecular flexibility index (Phi) is 14.6. The quantitative estimate of drug-likeness (QED) is 0.0898. The number of benzene rings is 1. The average Bonchev–Trinajstić information content (AvgIpc) is 3.92. The zero-order valence-corrected chi connectivity index (χ0v) is 40.4. The van der Waals surface area contributed by atoms with Crippen molar-refractivity contribution in [2.75, 3.05) is 58.7 Å². The summed E-state index contributed by atoms with van der Waals surface area (Å²) in [6, 6.07) is 3.31. The summed E-state index contributed by atoms with van der Waals surface area (Å²) in [5.74, 6) is -0.781. The molecule has 1 aromatic carbocycles. The highest BCUT2D eigenvalue weighted by Crippen LogP contribution is 2.52. The molecule has 4 aliphatic rings. The van der Waals surface area contributed by atoms with Crippen LogP contribution in [0, 0.1) is 23.2 Å². The van der Waals surface area contributed by atoms with E-state index in [1.807, 2.05) is 46.1 Å². The molecule has 0 spiro atoms. The van der Waals surface area contributed by atoms with Crippen LogP contribution in [0.1, 0.15) is 73.6 Å². The molecule has 16 nitrogen and oxygen atoms in total. The molecule has 4 N–H and O–H groups in total. The summed E-state index contributed by atoms with van der Waals surface area (Å²) >= 11 is 8.57. The maximum Gasteiger partial charge on any atom is 0.408 e. The van der Waals surface area contributed by atoms with Crippen molar-refractivity contribution in [1.82, 2.24) is 35.3 Å². The second-order valence-corrected chi connectivity index (χ2v) is 20.9. The fraction of sp³-hybridized carbons (Fsp3) is 0.617.